The molecule has 0 saturated heterocycles. The highest BCUT2D eigenvalue weighted by Gasteiger charge is 2.03. The minimum Gasteiger partial charge on any atom is -0.353 e. The number of aryl methyl sites for hydroxylation is 1. The highest BCUT2D eigenvalue weighted by molar-refractivity contribution is 5.99. The molecule has 2 N–H and O–H groups in total. The van der Waals surface area contributed by atoms with Gasteiger partial charge in [-0.2, -0.15) is 5.10 Å². The SMILES string of the molecule is C/C(=N/NC1=NCCN1)c1ccc(C)cc1. The molecule has 1 aromatic carbocycles. The van der Waals surface area contributed by atoms with E-state index in [0.29, 0.717) is 0 Å². The molecule has 1 aromatic rings. The van der Waals surface area contributed by atoms with Gasteiger partial charge in [-0.15, -0.1) is 0 Å². The average Bonchev–Trinajstić information content (AvgIpc) is 2.80. The van der Waals surface area contributed by atoms with Crippen LogP contribution in [0.4, 0.5) is 0 Å². The summed E-state index contributed by atoms with van der Waals surface area (Å²) in [5.41, 5.74) is 6.25. The van der Waals surface area contributed by atoms with Crippen molar-refractivity contribution in [3.05, 3.63) is 35.4 Å². The monoisotopic (exact) mass is 216 g/mol. The molecule has 0 spiro atoms. The minimum atomic E-state index is 0.756. The van der Waals surface area contributed by atoms with Crippen molar-refractivity contribution < 1.29 is 0 Å². The van der Waals surface area contributed by atoms with E-state index in [1.54, 1.807) is 0 Å². The summed E-state index contributed by atoms with van der Waals surface area (Å²) in [7, 11) is 0. The zero-order chi connectivity index (χ0) is 11.4. The van der Waals surface area contributed by atoms with Crippen LogP contribution in [0.2, 0.25) is 0 Å². The van der Waals surface area contributed by atoms with Crippen LogP contribution < -0.4 is 10.7 Å². The van der Waals surface area contributed by atoms with Crippen LogP contribution in [0.25, 0.3) is 0 Å². The second-order valence-corrected chi connectivity index (χ2v) is 3.83. The van der Waals surface area contributed by atoms with Gasteiger partial charge in [0.05, 0.1) is 12.3 Å². The fourth-order valence-corrected chi connectivity index (χ4v) is 1.47. The van der Waals surface area contributed by atoms with E-state index < -0.39 is 0 Å². The smallest absolute Gasteiger partial charge is 0.212 e. The topological polar surface area (TPSA) is 48.8 Å². The van der Waals surface area contributed by atoms with Crippen molar-refractivity contribution in [3.8, 4) is 0 Å². The predicted octanol–water partition coefficient (Wildman–Crippen LogP) is 1.27. The fraction of sp³-hybridized carbons (Fsp3) is 0.333. The summed E-state index contributed by atoms with van der Waals surface area (Å²) < 4.78 is 0. The molecule has 0 bridgehead atoms. The predicted molar refractivity (Wildman–Crippen MR) is 66.8 cm³/mol. The third-order valence-corrected chi connectivity index (χ3v) is 2.47. The van der Waals surface area contributed by atoms with Gasteiger partial charge < -0.3 is 5.32 Å². The summed E-state index contributed by atoms with van der Waals surface area (Å²) in [6, 6.07) is 8.30. The average molecular weight is 216 g/mol. The number of hydrazone groups is 1. The lowest BCUT2D eigenvalue weighted by atomic mass is 10.1. The van der Waals surface area contributed by atoms with Gasteiger partial charge in [0.15, 0.2) is 0 Å². The summed E-state index contributed by atoms with van der Waals surface area (Å²) in [6.45, 7) is 5.77. The van der Waals surface area contributed by atoms with Crippen molar-refractivity contribution in [3.63, 3.8) is 0 Å². The second kappa shape index (κ2) is 4.79. The molecule has 0 aliphatic carbocycles. The van der Waals surface area contributed by atoms with Gasteiger partial charge in [0.1, 0.15) is 0 Å². The maximum absolute atomic E-state index is 4.28. The molecule has 4 heteroatoms. The standard InChI is InChI=1S/C12H16N4/c1-9-3-5-11(6-4-9)10(2)15-16-12-13-7-8-14-12/h3-6H,7-8H2,1-2H3,(H2,13,14,16)/b15-10-. The third-order valence-electron chi connectivity index (χ3n) is 2.47. The first-order chi connectivity index (χ1) is 7.75. The molecule has 2 rings (SSSR count). The number of nitrogens with zero attached hydrogens (tertiary/aromatic N) is 2. The number of hydrogen-bond donors (Lipinski definition) is 2. The van der Waals surface area contributed by atoms with Crippen molar-refractivity contribution in [2.75, 3.05) is 13.1 Å². The molecule has 1 aliphatic heterocycles. The van der Waals surface area contributed by atoms with Crippen LogP contribution in [0.1, 0.15) is 18.1 Å². The Morgan fingerprint density at radius 1 is 1.38 bits per heavy atom. The summed E-state index contributed by atoms with van der Waals surface area (Å²) in [4.78, 5) is 4.20. The Labute approximate surface area is 95.5 Å². The van der Waals surface area contributed by atoms with E-state index >= 15 is 0 Å². The lowest BCUT2D eigenvalue weighted by Crippen LogP contribution is -2.30. The summed E-state index contributed by atoms with van der Waals surface area (Å²) in [5.74, 6) is 0.756. The van der Waals surface area contributed by atoms with Gasteiger partial charge in [-0.05, 0) is 19.4 Å². The van der Waals surface area contributed by atoms with E-state index in [2.05, 4.69) is 52.0 Å². The molecule has 0 radical (unpaired) electrons. The van der Waals surface area contributed by atoms with Gasteiger partial charge in [0.2, 0.25) is 5.96 Å². The van der Waals surface area contributed by atoms with Crippen LogP contribution in [0.3, 0.4) is 0 Å². The summed E-state index contributed by atoms with van der Waals surface area (Å²) in [6.07, 6.45) is 0. The second-order valence-electron chi connectivity index (χ2n) is 3.83. The van der Waals surface area contributed by atoms with Gasteiger partial charge in [-0.3, -0.25) is 0 Å². The normalized spacial score (nSPS) is 15.6. The molecular formula is C12H16N4. The molecule has 1 aliphatic rings. The molecule has 16 heavy (non-hydrogen) atoms. The highest BCUT2D eigenvalue weighted by atomic mass is 15.4. The van der Waals surface area contributed by atoms with Crippen molar-refractivity contribution >= 4 is 11.7 Å². The van der Waals surface area contributed by atoms with Crippen LogP contribution in [0, 0.1) is 6.92 Å². The Morgan fingerprint density at radius 3 is 2.75 bits per heavy atom. The first-order valence-corrected chi connectivity index (χ1v) is 5.41. The largest absolute Gasteiger partial charge is 0.353 e. The molecule has 4 nitrogen and oxygen atoms in total. The minimum absolute atomic E-state index is 0.756. The lowest BCUT2D eigenvalue weighted by Gasteiger charge is -2.04. The van der Waals surface area contributed by atoms with Crippen molar-refractivity contribution in [2.45, 2.75) is 13.8 Å². The lowest BCUT2D eigenvalue weighted by molar-refractivity contribution is 0.917. The molecule has 0 fully saturated rings. The van der Waals surface area contributed by atoms with Crippen LogP contribution in [0.15, 0.2) is 34.4 Å². The van der Waals surface area contributed by atoms with Crippen LogP contribution in [0.5, 0.6) is 0 Å². The number of nitrogens with one attached hydrogen (secondary N) is 2. The van der Waals surface area contributed by atoms with Crippen LogP contribution >= 0.6 is 0 Å². The number of benzene rings is 1. The zero-order valence-corrected chi connectivity index (χ0v) is 9.62. The zero-order valence-electron chi connectivity index (χ0n) is 9.62. The Balaban J connectivity index is 2.03. The first-order valence-electron chi connectivity index (χ1n) is 5.41. The van der Waals surface area contributed by atoms with E-state index in [-0.39, 0.29) is 0 Å². The summed E-state index contributed by atoms with van der Waals surface area (Å²) in [5, 5.41) is 7.38. The van der Waals surface area contributed by atoms with Gasteiger partial charge in [0, 0.05) is 6.54 Å². The van der Waals surface area contributed by atoms with Crippen molar-refractivity contribution in [1.29, 1.82) is 0 Å². The van der Waals surface area contributed by atoms with E-state index in [1.807, 2.05) is 6.92 Å². The Morgan fingerprint density at radius 2 is 2.12 bits per heavy atom. The van der Waals surface area contributed by atoms with Gasteiger partial charge in [-0.25, -0.2) is 10.4 Å². The van der Waals surface area contributed by atoms with Gasteiger partial charge in [-0.1, -0.05) is 29.8 Å². The van der Waals surface area contributed by atoms with E-state index in [4.69, 9.17) is 0 Å². The molecule has 1 heterocycles. The van der Waals surface area contributed by atoms with Gasteiger partial charge >= 0.3 is 0 Å². The summed E-state index contributed by atoms with van der Waals surface area (Å²) >= 11 is 0. The number of hydrogen-bond acceptors (Lipinski definition) is 4. The molecular weight excluding hydrogens is 200 g/mol. The number of guanidine groups is 1. The number of rotatable bonds is 2. The van der Waals surface area contributed by atoms with E-state index in [1.165, 1.54) is 5.56 Å². The highest BCUT2D eigenvalue weighted by Crippen LogP contribution is 2.04. The number of aliphatic imine (C=N–C) groups is 1. The van der Waals surface area contributed by atoms with Crippen LogP contribution in [-0.4, -0.2) is 24.8 Å². The molecule has 0 aromatic heterocycles. The molecule has 0 saturated carbocycles. The maximum atomic E-state index is 4.28. The maximum Gasteiger partial charge on any atom is 0.212 e. The quantitative estimate of drug-likeness (QED) is 0.577. The first kappa shape index (κ1) is 10.7. The van der Waals surface area contributed by atoms with E-state index in [9.17, 15) is 0 Å². The fourth-order valence-electron chi connectivity index (χ4n) is 1.47. The van der Waals surface area contributed by atoms with E-state index in [0.717, 1.165) is 30.3 Å². The Kier molecular flexibility index (Phi) is 3.19. The molecule has 0 amide bonds. The van der Waals surface area contributed by atoms with Crippen molar-refractivity contribution in [1.82, 2.24) is 10.7 Å². The Bertz CT molecular complexity index is 417. The van der Waals surface area contributed by atoms with Crippen LogP contribution in [-0.2, 0) is 0 Å². The van der Waals surface area contributed by atoms with Crippen molar-refractivity contribution in [2.24, 2.45) is 10.1 Å². The molecule has 0 atom stereocenters. The molecule has 0 unspecified atom stereocenters. The van der Waals surface area contributed by atoms with Gasteiger partial charge in [0.25, 0.3) is 0 Å². The Hall–Kier alpha value is -1.84. The third kappa shape index (κ3) is 2.59. The molecule has 84 valence electrons.